The normalized spacial score (nSPS) is 19.5. The average molecular weight is 196 g/mol. The minimum absolute atomic E-state index is 0.0692. The van der Waals surface area contributed by atoms with Crippen LogP contribution in [-0.4, -0.2) is 28.1 Å². The summed E-state index contributed by atoms with van der Waals surface area (Å²) in [5, 5.41) is 11.2. The number of carboxylic acids is 1. The number of aromatic carboxylic acids is 1. The monoisotopic (exact) mass is 196 g/mol. The summed E-state index contributed by atoms with van der Waals surface area (Å²) in [6, 6.07) is 0. The summed E-state index contributed by atoms with van der Waals surface area (Å²) < 4.78 is 5.17. The lowest BCUT2D eigenvalue weighted by molar-refractivity contribution is -0.122. The molecule has 0 saturated carbocycles. The first-order valence-electron chi connectivity index (χ1n) is 4.02. The van der Waals surface area contributed by atoms with Crippen LogP contribution in [0.25, 0.3) is 0 Å². The highest BCUT2D eigenvalue weighted by molar-refractivity contribution is 6.04. The van der Waals surface area contributed by atoms with Crippen LogP contribution in [0.3, 0.4) is 0 Å². The highest BCUT2D eigenvalue weighted by atomic mass is 16.5. The van der Waals surface area contributed by atoms with Gasteiger partial charge in [0.15, 0.2) is 17.5 Å². The van der Waals surface area contributed by atoms with Crippen molar-refractivity contribution in [2.24, 2.45) is 0 Å². The fraction of sp³-hybridized carbons (Fsp3) is 0.250. The molecule has 0 aliphatic carbocycles. The second kappa shape index (κ2) is 2.76. The molecule has 1 amide bonds. The van der Waals surface area contributed by atoms with Gasteiger partial charge in [0.1, 0.15) is 5.69 Å². The largest absolute Gasteiger partial charge is 0.477 e. The predicted octanol–water partition coefficient (Wildman–Crippen LogP) is 0.432. The number of carboxylic acid groups (broad SMARTS) is 1. The number of amides is 1. The third-order valence-corrected chi connectivity index (χ3v) is 1.98. The SMILES string of the molecule is CC1Oc2c[nH]c(C(=O)O)c2NC1=O. The van der Waals surface area contributed by atoms with E-state index in [9.17, 15) is 9.59 Å². The van der Waals surface area contributed by atoms with Crippen molar-refractivity contribution in [3.63, 3.8) is 0 Å². The van der Waals surface area contributed by atoms with Crippen molar-refractivity contribution in [3.05, 3.63) is 11.9 Å². The third kappa shape index (κ3) is 1.12. The smallest absolute Gasteiger partial charge is 0.354 e. The molecule has 6 heteroatoms. The number of H-pyrrole nitrogens is 1. The van der Waals surface area contributed by atoms with Crippen molar-refractivity contribution >= 4 is 17.6 Å². The summed E-state index contributed by atoms with van der Waals surface area (Å²) in [6.45, 7) is 1.59. The summed E-state index contributed by atoms with van der Waals surface area (Å²) in [4.78, 5) is 24.4. The molecule has 0 fully saturated rings. The van der Waals surface area contributed by atoms with Gasteiger partial charge in [0.2, 0.25) is 0 Å². The van der Waals surface area contributed by atoms with Crippen LogP contribution in [0.5, 0.6) is 5.75 Å². The topological polar surface area (TPSA) is 91.4 Å². The molecule has 74 valence electrons. The molecule has 0 bridgehead atoms. The molecule has 3 N–H and O–H groups in total. The molecule has 1 aliphatic rings. The van der Waals surface area contributed by atoms with Gasteiger partial charge in [-0.15, -0.1) is 0 Å². The van der Waals surface area contributed by atoms with E-state index in [1.165, 1.54) is 6.20 Å². The molecule has 1 aromatic rings. The summed E-state index contributed by atoms with van der Waals surface area (Å²) in [5.41, 5.74) is 0.126. The van der Waals surface area contributed by atoms with Gasteiger partial charge < -0.3 is 20.1 Å². The minimum Gasteiger partial charge on any atom is -0.477 e. The van der Waals surface area contributed by atoms with Crippen LogP contribution < -0.4 is 10.1 Å². The Hall–Kier alpha value is -1.98. The molecule has 2 heterocycles. The van der Waals surface area contributed by atoms with Crippen molar-refractivity contribution in [1.29, 1.82) is 0 Å². The van der Waals surface area contributed by atoms with Crippen LogP contribution in [-0.2, 0) is 4.79 Å². The van der Waals surface area contributed by atoms with Gasteiger partial charge >= 0.3 is 5.97 Å². The molecule has 2 rings (SSSR count). The number of nitrogens with one attached hydrogen (secondary N) is 2. The van der Waals surface area contributed by atoms with Crippen LogP contribution in [0.4, 0.5) is 5.69 Å². The fourth-order valence-corrected chi connectivity index (χ4v) is 1.26. The predicted molar refractivity (Wildman–Crippen MR) is 46.5 cm³/mol. The number of ether oxygens (including phenoxy) is 1. The number of carbonyl (C=O) groups excluding carboxylic acids is 1. The van der Waals surface area contributed by atoms with E-state index >= 15 is 0 Å². The maximum atomic E-state index is 11.2. The van der Waals surface area contributed by atoms with Crippen LogP contribution in [0.15, 0.2) is 6.20 Å². The van der Waals surface area contributed by atoms with E-state index in [4.69, 9.17) is 9.84 Å². The van der Waals surface area contributed by atoms with Gasteiger partial charge in [-0.3, -0.25) is 4.79 Å². The van der Waals surface area contributed by atoms with E-state index in [2.05, 4.69) is 10.3 Å². The highest BCUT2D eigenvalue weighted by Gasteiger charge is 2.28. The number of carbonyl (C=O) groups is 2. The number of rotatable bonds is 1. The highest BCUT2D eigenvalue weighted by Crippen LogP contribution is 2.32. The van der Waals surface area contributed by atoms with Gasteiger partial charge in [0, 0.05) is 6.20 Å². The standard InChI is InChI=1S/C8H8N2O4/c1-3-7(11)10-5-4(14-3)2-9-6(5)8(12)13/h2-3,9H,1H3,(H,10,11)(H,12,13). The Morgan fingerprint density at radius 2 is 2.36 bits per heavy atom. The number of aromatic nitrogens is 1. The van der Waals surface area contributed by atoms with Crippen molar-refractivity contribution in [3.8, 4) is 5.75 Å². The summed E-state index contributed by atoms with van der Waals surface area (Å²) in [7, 11) is 0. The molecule has 0 spiro atoms. The molecule has 1 atom stereocenters. The van der Waals surface area contributed by atoms with Crippen molar-refractivity contribution in [2.45, 2.75) is 13.0 Å². The van der Waals surface area contributed by atoms with Crippen molar-refractivity contribution < 1.29 is 19.4 Å². The molecule has 6 nitrogen and oxygen atoms in total. The zero-order valence-electron chi connectivity index (χ0n) is 7.33. The van der Waals surface area contributed by atoms with E-state index in [1.807, 2.05) is 0 Å². The van der Waals surface area contributed by atoms with E-state index < -0.39 is 12.1 Å². The quantitative estimate of drug-likeness (QED) is 0.607. The third-order valence-electron chi connectivity index (χ3n) is 1.98. The van der Waals surface area contributed by atoms with E-state index in [0.29, 0.717) is 5.75 Å². The van der Waals surface area contributed by atoms with E-state index in [1.54, 1.807) is 6.92 Å². The Kier molecular flexibility index (Phi) is 1.70. The van der Waals surface area contributed by atoms with Crippen LogP contribution >= 0.6 is 0 Å². The molecule has 1 unspecified atom stereocenters. The summed E-state index contributed by atoms with van der Waals surface area (Å²) in [5.74, 6) is -1.13. The molecule has 14 heavy (non-hydrogen) atoms. The summed E-state index contributed by atoms with van der Waals surface area (Å²) >= 11 is 0. The van der Waals surface area contributed by atoms with Crippen LogP contribution in [0.1, 0.15) is 17.4 Å². The van der Waals surface area contributed by atoms with Crippen LogP contribution in [0, 0.1) is 0 Å². The molecule has 1 aromatic heterocycles. The average Bonchev–Trinajstić information content (AvgIpc) is 2.48. The molecule has 0 aromatic carbocycles. The molecular formula is C8H8N2O4. The maximum Gasteiger partial charge on any atom is 0.354 e. The molecule has 0 saturated heterocycles. The van der Waals surface area contributed by atoms with Gasteiger partial charge in [0.25, 0.3) is 5.91 Å². The zero-order valence-corrected chi connectivity index (χ0v) is 7.33. The Morgan fingerprint density at radius 3 is 3.00 bits per heavy atom. The minimum atomic E-state index is -1.13. The van der Waals surface area contributed by atoms with Crippen molar-refractivity contribution in [2.75, 3.05) is 5.32 Å². The number of aromatic amines is 1. The van der Waals surface area contributed by atoms with E-state index in [0.717, 1.165) is 0 Å². The van der Waals surface area contributed by atoms with Crippen molar-refractivity contribution in [1.82, 2.24) is 4.98 Å². The maximum absolute atomic E-state index is 11.2. The number of fused-ring (bicyclic) bond motifs is 1. The summed E-state index contributed by atoms with van der Waals surface area (Å²) in [6.07, 6.45) is 0.814. The lowest BCUT2D eigenvalue weighted by Gasteiger charge is -2.20. The Balaban J connectivity index is 2.45. The fourth-order valence-electron chi connectivity index (χ4n) is 1.26. The van der Waals surface area contributed by atoms with Gasteiger partial charge in [-0.05, 0) is 6.92 Å². The lowest BCUT2D eigenvalue weighted by Crippen LogP contribution is -2.34. The Morgan fingerprint density at radius 1 is 1.64 bits per heavy atom. The number of hydrogen-bond acceptors (Lipinski definition) is 3. The molecule has 1 aliphatic heterocycles. The molecular weight excluding hydrogens is 188 g/mol. The van der Waals surface area contributed by atoms with Gasteiger partial charge in [-0.1, -0.05) is 0 Å². The number of anilines is 1. The van der Waals surface area contributed by atoms with Gasteiger partial charge in [-0.25, -0.2) is 4.79 Å². The Bertz CT molecular complexity index is 409. The first-order valence-corrected chi connectivity index (χ1v) is 4.02. The second-order valence-electron chi connectivity index (χ2n) is 2.96. The zero-order chi connectivity index (χ0) is 10.3. The first-order chi connectivity index (χ1) is 6.59. The number of hydrogen-bond donors (Lipinski definition) is 3. The lowest BCUT2D eigenvalue weighted by atomic mass is 10.2. The van der Waals surface area contributed by atoms with Crippen LogP contribution in [0.2, 0.25) is 0 Å². The van der Waals surface area contributed by atoms with Gasteiger partial charge in [0.05, 0.1) is 0 Å². The van der Waals surface area contributed by atoms with Gasteiger partial charge in [-0.2, -0.15) is 0 Å². The van der Waals surface area contributed by atoms with E-state index in [-0.39, 0.29) is 17.3 Å². The first kappa shape index (κ1) is 8.61. The molecule has 0 radical (unpaired) electrons. The Labute approximate surface area is 78.9 Å². The second-order valence-corrected chi connectivity index (χ2v) is 2.96.